The van der Waals surface area contributed by atoms with Gasteiger partial charge in [-0.3, -0.25) is 9.59 Å². The van der Waals surface area contributed by atoms with Crippen molar-refractivity contribution in [3.8, 4) is 0 Å². The molecule has 1 heterocycles. The van der Waals surface area contributed by atoms with Crippen molar-refractivity contribution >= 4 is 20.5 Å². The fraction of sp³-hybridized carbons (Fsp3) is 0.789. The van der Waals surface area contributed by atoms with Crippen LogP contribution in [0, 0.1) is 5.92 Å². The number of carbonyl (C=O) groups excluding carboxylic acids is 2. The summed E-state index contributed by atoms with van der Waals surface area (Å²) in [6.07, 6.45) is 14.8. The minimum atomic E-state index is -1.86. The van der Waals surface area contributed by atoms with E-state index in [-0.39, 0.29) is 24.3 Å². The van der Waals surface area contributed by atoms with Gasteiger partial charge < -0.3 is 13.6 Å². The third kappa shape index (κ3) is 9.33. The lowest BCUT2D eigenvalue weighted by molar-refractivity contribution is -0.153. The number of hydrogen-bond donors (Lipinski definition) is 0. The molecule has 1 aliphatic heterocycles. The van der Waals surface area contributed by atoms with Gasteiger partial charge in [-0.25, -0.2) is 0 Å². The summed E-state index contributed by atoms with van der Waals surface area (Å²) in [5.74, 6) is -1.02. The number of ether oxygens (including phenoxy) is 1. The Hall–Kier alpha value is -0.983. The average Bonchev–Trinajstić information content (AvgIpc) is 2.93. The van der Waals surface area contributed by atoms with Crippen molar-refractivity contribution in [2.24, 2.45) is 5.92 Å². The summed E-state index contributed by atoms with van der Waals surface area (Å²) in [4.78, 5) is 22.3. The molecule has 0 aromatic heterocycles. The molecule has 0 aliphatic carbocycles. The molecule has 1 saturated heterocycles. The molecule has 0 amide bonds. The predicted molar refractivity (Wildman–Crippen MR) is 100 cm³/mol. The van der Waals surface area contributed by atoms with Crippen LogP contribution < -0.4 is 0 Å². The van der Waals surface area contributed by atoms with Crippen molar-refractivity contribution in [1.82, 2.24) is 0 Å². The summed E-state index contributed by atoms with van der Waals surface area (Å²) in [5, 5.41) is 0. The normalized spacial score (nSPS) is 18.3. The topological polar surface area (TPSA) is 61.8 Å². The smallest absolute Gasteiger partial charge is 0.334 e. The summed E-state index contributed by atoms with van der Waals surface area (Å²) in [7, 11) is 1.64. The lowest BCUT2D eigenvalue weighted by Crippen LogP contribution is -2.35. The first kappa shape index (κ1) is 22.1. The summed E-state index contributed by atoms with van der Waals surface area (Å²) >= 11 is 0. The van der Waals surface area contributed by atoms with Crippen molar-refractivity contribution in [3.05, 3.63) is 12.2 Å². The number of allylic oxidation sites excluding steroid dienone is 2. The SMILES string of the molecule is CO[Si](C)(CCCCCCCCC/C=C/CC1CC(=O)OC1=O)OC. The highest BCUT2D eigenvalue weighted by Crippen LogP contribution is 2.20. The molecule has 0 radical (unpaired) electrons. The van der Waals surface area contributed by atoms with E-state index in [0.717, 1.165) is 12.5 Å². The maximum absolute atomic E-state index is 11.3. The van der Waals surface area contributed by atoms with Gasteiger partial charge in [0.1, 0.15) is 0 Å². The van der Waals surface area contributed by atoms with E-state index in [1.807, 2.05) is 6.08 Å². The molecule has 1 rings (SSSR count). The van der Waals surface area contributed by atoms with E-state index < -0.39 is 8.56 Å². The van der Waals surface area contributed by atoms with Gasteiger partial charge in [0.25, 0.3) is 0 Å². The fourth-order valence-electron chi connectivity index (χ4n) is 2.96. The van der Waals surface area contributed by atoms with E-state index in [2.05, 4.69) is 17.4 Å². The molecule has 0 spiro atoms. The summed E-state index contributed by atoms with van der Waals surface area (Å²) in [6.45, 7) is 2.12. The third-order valence-corrected chi connectivity index (χ3v) is 7.90. The van der Waals surface area contributed by atoms with Crippen LogP contribution in [0.5, 0.6) is 0 Å². The molecule has 144 valence electrons. The Balaban J connectivity index is 1.90. The monoisotopic (exact) mass is 370 g/mol. The second kappa shape index (κ2) is 12.4. The molecule has 0 aromatic rings. The Labute approximate surface area is 153 Å². The van der Waals surface area contributed by atoms with Crippen molar-refractivity contribution in [2.45, 2.75) is 76.8 Å². The van der Waals surface area contributed by atoms with E-state index in [1.165, 1.54) is 44.9 Å². The molecule has 0 saturated carbocycles. The zero-order valence-corrected chi connectivity index (χ0v) is 17.1. The number of hydrogen-bond acceptors (Lipinski definition) is 5. The van der Waals surface area contributed by atoms with Crippen LogP contribution in [0.2, 0.25) is 12.6 Å². The minimum absolute atomic E-state index is 0.236. The lowest BCUT2D eigenvalue weighted by atomic mass is 10.0. The van der Waals surface area contributed by atoms with E-state index in [4.69, 9.17) is 8.85 Å². The van der Waals surface area contributed by atoms with Crippen molar-refractivity contribution in [2.75, 3.05) is 14.2 Å². The van der Waals surface area contributed by atoms with Gasteiger partial charge >= 0.3 is 20.5 Å². The van der Waals surface area contributed by atoms with Gasteiger partial charge in [-0.05, 0) is 31.9 Å². The van der Waals surface area contributed by atoms with Crippen LogP contribution in [-0.2, 0) is 23.2 Å². The molecule has 0 bridgehead atoms. The highest BCUT2D eigenvalue weighted by atomic mass is 28.4. The van der Waals surface area contributed by atoms with Crippen molar-refractivity contribution < 1.29 is 23.2 Å². The molecule has 5 nitrogen and oxygen atoms in total. The average molecular weight is 371 g/mol. The first-order chi connectivity index (χ1) is 12.0. The maximum atomic E-state index is 11.3. The van der Waals surface area contributed by atoms with Gasteiger partial charge in [0.2, 0.25) is 0 Å². The van der Waals surface area contributed by atoms with E-state index >= 15 is 0 Å². The van der Waals surface area contributed by atoms with E-state index in [0.29, 0.717) is 6.42 Å². The number of carbonyl (C=O) groups is 2. The minimum Gasteiger partial charge on any atom is -0.398 e. The molecular formula is C19H34O5Si. The molecule has 1 fully saturated rings. The first-order valence-corrected chi connectivity index (χ1v) is 12.0. The molecule has 1 unspecified atom stereocenters. The Morgan fingerprint density at radius 3 is 2.16 bits per heavy atom. The van der Waals surface area contributed by atoms with Gasteiger partial charge in [0, 0.05) is 14.2 Å². The molecule has 25 heavy (non-hydrogen) atoms. The van der Waals surface area contributed by atoms with Crippen LogP contribution in [0.1, 0.15) is 64.2 Å². The van der Waals surface area contributed by atoms with Crippen molar-refractivity contribution in [3.63, 3.8) is 0 Å². The number of cyclic esters (lactones) is 2. The lowest BCUT2D eigenvalue weighted by Gasteiger charge is -2.22. The van der Waals surface area contributed by atoms with Crippen LogP contribution in [0.4, 0.5) is 0 Å². The Morgan fingerprint density at radius 1 is 1.00 bits per heavy atom. The van der Waals surface area contributed by atoms with Gasteiger partial charge in [-0.2, -0.15) is 0 Å². The van der Waals surface area contributed by atoms with Crippen LogP contribution in [-0.4, -0.2) is 34.7 Å². The van der Waals surface area contributed by atoms with Gasteiger partial charge in [0.15, 0.2) is 0 Å². The zero-order chi connectivity index (χ0) is 18.5. The third-order valence-electron chi connectivity index (χ3n) is 4.91. The van der Waals surface area contributed by atoms with E-state index in [9.17, 15) is 9.59 Å². The van der Waals surface area contributed by atoms with Gasteiger partial charge in [-0.1, -0.05) is 50.7 Å². The van der Waals surface area contributed by atoms with Crippen LogP contribution >= 0.6 is 0 Å². The molecule has 0 aromatic carbocycles. The van der Waals surface area contributed by atoms with E-state index in [1.54, 1.807) is 14.2 Å². The van der Waals surface area contributed by atoms with Crippen LogP contribution in [0.15, 0.2) is 12.2 Å². The Kier molecular flexibility index (Phi) is 10.9. The molecule has 1 aliphatic rings. The predicted octanol–water partition coefficient (Wildman–Crippen LogP) is 4.51. The van der Waals surface area contributed by atoms with Gasteiger partial charge in [-0.15, -0.1) is 0 Å². The molecular weight excluding hydrogens is 336 g/mol. The van der Waals surface area contributed by atoms with Gasteiger partial charge in [0.05, 0.1) is 12.3 Å². The van der Waals surface area contributed by atoms with Crippen LogP contribution in [0.3, 0.4) is 0 Å². The standard InChI is InChI=1S/C19H34O5Si/c1-22-25(3,23-2)15-13-11-9-7-5-4-6-8-10-12-14-17-16-18(20)24-19(17)21/h10,12,17H,4-9,11,13-16H2,1-3H3/b12-10+. The first-order valence-electron chi connectivity index (χ1n) is 9.50. The second-order valence-corrected chi connectivity index (χ2v) is 10.5. The Bertz CT molecular complexity index is 432. The molecule has 6 heteroatoms. The highest BCUT2D eigenvalue weighted by Gasteiger charge is 2.32. The maximum Gasteiger partial charge on any atom is 0.334 e. The summed E-state index contributed by atoms with van der Waals surface area (Å²) in [5.41, 5.74) is 0. The molecule has 0 N–H and O–H groups in total. The Morgan fingerprint density at radius 2 is 1.60 bits per heavy atom. The quantitative estimate of drug-likeness (QED) is 0.148. The number of rotatable bonds is 14. The second-order valence-electron chi connectivity index (χ2n) is 6.96. The summed E-state index contributed by atoms with van der Waals surface area (Å²) < 4.78 is 15.5. The zero-order valence-electron chi connectivity index (χ0n) is 16.1. The van der Waals surface area contributed by atoms with Crippen molar-refractivity contribution in [1.29, 1.82) is 0 Å². The summed E-state index contributed by atoms with van der Waals surface area (Å²) in [6, 6.07) is 1.07. The highest BCUT2D eigenvalue weighted by molar-refractivity contribution is 6.65. The van der Waals surface area contributed by atoms with Crippen LogP contribution in [0.25, 0.3) is 0 Å². The number of esters is 2. The molecule has 1 atom stereocenters. The fourth-order valence-corrected chi connectivity index (χ4v) is 4.43. The number of unbranched alkanes of at least 4 members (excludes halogenated alkanes) is 7. The largest absolute Gasteiger partial charge is 0.398 e.